The molecule has 0 bridgehead atoms. The predicted molar refractivity (Wildman–Crippen MR) is 123 cm³/mol. The topological polar surface area (TPSA) is 85.8 Å². The van der Waals surface area contributed by atoms with Gasteiger partial charge in [-0.05, 0) is 57.1 Å². The lowest BCUT2D eigenvalue weighted by Crippen LogP contribution is -2.40. The number of nitrogens with zero attached hydrogens (tertiary/aromatic N) is 3. The standard InChI is InChI=1S/C24H32N4O4/c1-15-7-5-6-10-28(15)23-18(24(29)26-13-16-8-9-16)14-25-22(27-23)17-11-19(30-2)21(32-4)20(12-17)31-3/h11-12,14-16H,5-10,13H2,1-4H3,(H,26,29). The van der Waals surface area contributed by atoms with Crippen molar-refractivity contribution >= 4 is 11.7 Å². The van der Waals surface area contributed by atoms with Crippen LogP contribution >= 0.6 is 0 Å². The number of amides is 1. The van der Waals surface area contributed by atoms with Crippen molar-refractivity contribution in [2.45, 2.75) is 45.1 Å². The van der Waals surface area contributed by atoms with Crippen molar-refractivity contribution in [1.82, 2.24) is 15.3 Å². The van der Waals surface area contributed by atoms with Gasteiger partial charge in [0.05, 0.1) is 21.3 Å². The SMILES string of the molecule is COc1cc(-c2ncc(C(=O)NCC3CC3)c(N3CCCCC3C)n2)cc(OC)c1OC. The largest absolute Gasteiger partial charge is 0.493 e. The number of hydrogen-bond donors (Lipinski definition) is 1. The van der Waals surface area contributed by atoms with E-state index in [9.17, 15) is 4.79 Å². The van der Waals surface area contributed by atoms with Crippen molar-refractivity contribution in [3.8, 4) is 28.6 Å². The Kier molecular flexibility index (Phi) is 6.67. The second-order valence-electron chi connectivity index (χ2n) is 8.54. The van der Waals surface area contributed by atoms with Crippen LogP contribution in [0.25, 0.3) is 11.4 Å². The molecule has 1 amide bonds. The number of anilines is 1. The molecule has 1 aliphatic heterocycles. The molecule has 1 saturated carbocycles. The number of aromatic nitrogens is 2. The minimum absolute atomic E-state index is 0.110. The number of piperidine rings is 1. The zero-order chi connectivity index (χ0) is 22.7. The van der Waals surface area contributed by atoms with Crippen LogP contribution in [0.4, 0.5) is 5.82 Å². The molecule has 1 aromatic heterocycles. The minimum atomic E-state index is -0.110. The highest BCUT2D eigenvalue weighted by molar-refractivity contribution is 5.99. The van der Waals surface area contributed by atoms with E-state index in [0.29, 0.717) is 53.0 Å². The number of ether oxygens (including phenoxy) is 3. The van der Waals surface area contributed by atoms with Crippen LogP contribution < -0.4 is 24.4 Å². The van der Waals surface area contributed by atoms with E-state index in [1.807, 2.05) is 12.1 Å². The Hall–Kier alpha value is -3.03. The predicted octanol–water partition coefficient (Wildman–Crippen LogP) is 3.69. The van der Waals surface area contributed by atoms with Gasteiger partial charge < -0.3 is 24.4 Å². The van der Waals surface area contributed by atoms with Gasteiger partial charge in [-0.2, -0.15) is 0 Å². The van der Waals surface area contributed by atoms with Crippen molar-refractivity contribution in [3.05, 3.63) is 23.9 Å². The zero-order valence-corrected chi connectivity index (χ0v) is 19.3. The Morgan fingerprint density at radius 1 is 1.09 bits per heavy atom. The highest BCUT2D eigenvalue weighted by Gasteiger charge is 2.28. The lowest BCUT2D eigenvalue weighted by atomic mass is 10.0. The van der Waals surface area contributed by atoms with E-state index in [0.717, 1.165) is 24.9 Å². The zero-order valence-electron chi connectivity index (χ0n) is 19.3. The van der Waals surface area contributed by atoms with Crippen molar-refractivity contribution in [2.75, 3.05) is 39.3 Å². The molecule has 2 aromatic rings. The molecule has 32 heavy (non-hydrogen) atoms. The molecule has 1 aromatic carbocycles. The fourth-order valence-electron chi connectivity index (χ4n) is 4.17. The van der Waals surface area contributed by atoms with Gasteiger partial charge >= 0.3 is 0 Å². The van der Waals surface area contributed by atoms with Crippen molar-refractivity contribution in [3.63, 3.8) is 0 Å². The molecule has 4 rings (SSSR count). The lowest BCUT2D eigenvalue weighted by Gasteiger charge is -2.35. The summed E-state index contributed by atoms with van der Waals surface area (Å²) in [5.41, 5.74) is 1.26. The molecule has 1 saturated heterocycles. The Labute approximate surface area is 189 Å². The van der Waals surface area contributed by atoms with Gasteiger partial charge in [0.25, 0.3) is 5.91 Å². The molecule has 0 spiro atoms. The fraction of sp³-hybridized carbons (Fsp3) is 0.542. The summed E-state index contributed by atoms with van der Waals surface area (Å²) in [6.07, 6.45) is 7.36. The quantitative estimate of drug-likeness (QED) is 0.670. The Bertz CT molecular complexity index is 951. The molecule has 2 heterocycles. The van der Waals surface area contributed by atoms with Crippen LogP contribution in [0.5, 0.6) is 17.2 Å². The Balaban J connectivity index is 1.75. The average molecular weight is 441 g/mol. The van der Waals surface area contributed by atoms with Crippen LogP contribution in [0, 0.1) is 5.92 Å². The van der Waals surface area contributed by atoms with E-state index in [2.05, 4.69) is 22.1 Å². The van der Waals surface area contributed by atoms with Gasteiger partial charge in [0.1, 0.15) is 11.4 Å². The number of rotatable bonds is 8. The third kappa shape index (κ3) is 4.59. The summed E-state index contributed by atoms with van der Waals surface area (Å²) in [5.74, 6) is 3.27. The molecule has 2 fully saturated rings. The van der Waals surface area contributed by atoms with Crippen LogP contribution in [-0.4, -0.2) is 56.3 Å². The molecule has 1 aliphatic carbocycles. The molecule has 2 aliphatic rings. The summed E-state index contributed by atoms with van der Waals surface area (Å²) in [4.78, 5) is 24.7. The van der Waals surface area contributed by atoms with Crippen molar-refractivity contribution in [1.29, 1.82) is 0 Å². The third-order valence-corrected chi connectivity index (χ3v) is 6.26. The van der Waals surface area contributed by atoms with Crippen LogP contribution in [0.3, 0.4) is 0 Å². The second-order valence-corrected chi connectivity index (χ2v) is 8.54. The number of nitrogens with one attached hydrogen (secondary N) is 1. The van der Waals surface area contributed by atoms with E-state index < -0.39 is 0 Å². The van der Waals surface area contributed by atoms with Crippen molar-refractivity contribution in [2.24, 2.45) is 5.92 Å². The van der Waals surface area contributed by atoms with Gasteiger partial charge in [0.15, 0.2) is 17.3 Å². The third-order valence-electron chi connectivity index (χ3n) is 6.26. The number of benzene rings is 1. The van der Waals surface area contributed by atoms with Gasteiger partial charge in [-0.1, -0.05) is 0 Å². The molecule has 1 atom stereocenters. The summed E-state index contributed by atoms with van der Waals surface area (Å²) < 4.78 is 16.4. The fourth-order valence-corrected chi connectivity index (χ4v) is 4.17. The maximum Gasteiger partial charge on any atom is 0.256 e. The highest BCUT2D eigenvalue weighted by atomic mass is 16.5. The highest BCUT2D eigenvalue weighted by Crippen LogP contribution is 2.41. The smallest absolute Gasteiger partial charge is 0.256 e. The summed E-state index contributed by atoms with van der Waals surface area (Å²) >= 11 is 0. The van der Waals surface area contributed by atoms with E-state index in [1.165, 1.54) is 19.3 Å². The Morgan fingerprint density at radius 2 is 1.81 bits per heavy atom. The van der Waals surface area contributed by atoms with Gasteiger partial charge in [-0.3, -0.25) is 4.79 Å². The maximum absolute atomic E-state index is 13.0. The molecule has 172 valence electrons. The number of hydrogen-bond acceptors (Lipinski definition) is 7. The molecule has 8 heteroatoms. The minimum Gasteiger partial charge on any atom is -0.493 e. The summed E-state index contributed by atoms with van der Waals surface area (Å²) in [7, 11) is 4.73. The number of methoxy groups -OCH3 is 3. The van der Waals surface area contributed by atoms with Gasteiger partial charge in [-0.15, -0.1) is 0 Å². The first-order valence-corrected chi connectivity index (χ1v) is 11.3. The van der Waals surface area contributed by atoms with Crippen LogP contribution in [0.15, 0.2) is 18.3 Å². The number of carbonyl (C=O) groups is 1. The van der Waals surface area contributed by atoms with E-state index in [1.54, 1.807) is 27.5 Å². The molecule has 1 unspecified atom stereocenters. The molecule has 1 N–H and O–H groups in total. The van der Waals surface area contributed by atoms with Crippen molar-refractivity contribution < 1.29 is 19.0 Å². The summed E-state index contributed by atoms with van der Waals surface area (Å²) in [6.45, 7) is 3.77. The van der Waals surface area contributed by atoms with E-state index in [-0.39, 0.29) is 5.91 Å². The normalized spacial score (nSPS) is 18.2. The molecular formula is C24H32N4O4. The molecule has 8 nitrogen and oxygen atoms in total. The second kappa shape index (κ2) is 9.63. The number of carbonyl (C=O) groups excluding carboxylic acids is 1. The van der Waals surface area contributed by atoms with Gasteiger partial charge in [0, 0.05) is 30.9 Å². The average Bonchev–Trinajstić information content (AvgIpc) is 3.66. The first-order chi connectivity index (χ1) is 15.5. The summed E-state index contributed by atoms with van der Waals surface area (Å²) in [6, 6.07) is 3.96. The van der Waals surface area contributed by atoms with Gasteiger partial charge in [-0.25, -0.2) is 9.97 Å². The lowest BCUT2D eigenvalue weighted by molar-refractivity contribution is 0.0951. The Morgan fingerprint density at radius 3 is 2.41 bits per heavy atom. The van der Waals surface area contributed by atoms with Gasteiger partial charge in [0.2, 0.25) is 5.75 Å². The van der Waals surface area contributed by atoms with E-state index in [4.69, 9.17) is 19.2 Å². The maximum atomic E-state index is 13.0. The first kappa shape index (κ1) is 22.2. The van der Waals surface area contributed by atoms with Crippen LogP contribution in [0.1, 0.15) is 49.4 Å². The van der Waals surface area contributed by atoms with E-state index >= 15 is 0 Å². The monoisotopic (exact) mass is 440 g/mol. The van der Waals surface area contributed by atoms with Crippen LogP contribution in [0.2, 0.25) is 0 Å². The molecular weight excluding hydrogens is 408 g/mol. The van der Waals surface area contributed by atoms with Crippen LogP contribution in [-0.2, 0) is 0 Å². The molecule has 0 radical (unpaired) electrons. The first-order valence-electron chi connectivity index (χ1n) is 11.3. The summed E-state index contributed by atoms with van der Waals surface area (Å²) in [5, 5.41) is 3.06.